The topological polar surface area (TPSA) is 67.8 Å². The van der Waals surface area contributed by atoms with Gasteiger partial charge in [0.2, 0.25) is 0 Å². The van der Waals surface area contributed by atoms with Gasteiger partial charge in [0.25, 0.3) is 5.91 Å². The first kappa shape index (κ1) is 13.2. The minimum atomic E-state index is -0.241. The average Bonchev–Trinajstić information content (AvgIpc) is 2.50. The molecule has 0 spiro atoms. The van der Waals surface area contributed by atoms with Gasteiger partial charge < -0.3 is 5.32 Å². The second-order valence-electron chi connectivity index (χ2n) is 4.76. The minimum absolute atomic E-state index is 0.241. The SMILES string of the molecule is Cc1ncnc(C(=O)Nc2cccc3ncccc23)c1C. The van der Waals surface area contributed by atoms with Crippen LogP contribution >= 0.6 is 0 Å². The van der Waals surface area contributed by atoms with E-state index in [2.05, 4.69) is 20.3 Å². The van der Waals surface area contributed by atoms with Crippen LogP contribution in [0.15, 0.2) is 42.9 Å². The number of amides is 1. The molecule has 5 heteroatoms. The molecule has 1 N–H and O–H groups in total. The van der Waals surface area contributed by atoms with Gasteiger partial charge in [0.05, 0.1) is 11.2 Å². The average molecular weight is 278 g/mol. The first-order valence-corrected chi connectivity index (χ1v) is 6.60. The third-order valence-corrected chi connectivity index (χ3v) is 3.45. The molecular formula is C16H14N4O. The highest BCUT2D eigenvalue weighted by molar-refractivity contribution is 6.08. The van der Waals surface area contributed by atoms with Crippen LogP contribution in [0.4, 0.5) is 5.69 Å². The summed E-state index contributed by atoms with van der Waals surface area (Å²) in [6.45, 7) is 3.70. The molecule has 0 bridgehead atoms. The predicted molar refractivity (Wildman–Crippen MR) is 81.2 cm³/mol. The molecule has 3 aromatic rings. The van der Waals surface area contributed by atoms with E-state index in [1.54, 1.807) is 6.20 Å². The van der Waals surface area contributed by atoms with E-state index in [1.165, 1.54) is 6.33 Å². The van der Waals surface area contributed by atoms with Gasteiger partial charge in [0, 0.05) is 22.8 Å². The number of rotatable bonds is 2. The molecule has 0 radical (unpaired) electrons. The van der Waals surface area contributed by atoms with Crippen LogP contribution in [0.25, 0.3) is 10.9 Å². The van der Waals surface area contributed by atoms with Crippen molar-refractivity contribution in [2.75, 3.05) is 5.32 Å². The Labute approximate surface area is 122 Å². The molecule has 0 aliphatic heterocycles. The van der Waals surface area contributed by atoms with Crippen LogP contribution in [0.1, 0.15) is 21.7 Å². The second kappa shape index (κ2) is 5.28. The van der Waals surface area contributed by atoms with Gasteiger partial charge in [0.1, 0.15) is 12.0 Å². The van der Waals surface area contributed by atoms with Crippen molar-refractivity contribution >= 4 is 22.5 Å². The van der Waals surface area contributed by atoms with Crippen LogP contribution in [-0.4, -0.2) is 20.9 Å². The highest BCUT2D eigenvalue weighted by Gasteiger charge is 2.14. The number of carbonyl (C=O) groups is 1. The van der Waals surface area contributed by atoms with E-state index < -0.39 is 0 Å². The first-order valence-electron chi connectivity index (χ1n) is 6.60. The Morgan fingerprint density at radius 3 is 2.76 bits per heavy atom. The van der Waals surface area contributed by atoms with Crippen molar-refractivity contribution in [2.45, 2.75) is 13.8 Å². The molecule has 0 atom stereocenters. The summed E-state index contributed by atoms with van der Waals surface area (Å²) in [5, 5.41) is 3.80. The van der Waals surface area contributed by atoms with Gasteiger partial charge in [-0.2, -0.15) is 0 Å². The van der Waals surface area contributed by atoms with E-state index in [0.717, 1.165) is 27.8 Å². The lowest BCUT2D eigenvalue weighted by Crippen LogP contribution is -2.16. The van der Waals surface area contributed by atoms with Gasteiger partial charge in [-0.15, -0.1) is 0 Å². The molecule has 1 amide bonds. The predicted octanol–water partition coefficient (Wildman–Crippen LogP) is 2.89. The second-order valence-corrected chi connectivity index (χ2v) is 4.76. The monoisotopic (exact) mass is 278 g/mol. The van der Waals surface area contributed by atoms with E-state index in [9.17, 15) is 4.79 Å². The van der Waals surface area contributed by atoms with E-state index in [0.29, 0.717) is 5.69 Å². The maximum atomic E-state index is 12.4. The Bertz CT molecular complexity index is 824. The molecule has 0 aliphatic carbocycles. The minimum Gasteiger partial charge on any atom is -0.320 e. The number of aromatic nitrogens is 3. The Hall–Kier alpha value is -2.82. The molecule has 3 rings (SSSR count). The summed E-state index contributed by atoms with van der Waals surface area (Å²) >= 11 is 0. The molecule has 21 heavy (non-hydrogen) atoms. The van der Waals surface area contributed by atoms with Gasteiger partial charge in [-0.1, -0.05) is 6.07 Å². The summed E-state index contributed by atoms with van der Waals surface area (Å²) in [7, 11) is 0. The van der Waals surface area contributed by atoms with Crippen molar-refractivity contribution in [2.24, 2.45) is 0 Å². The highest BCUT2D eigenvalue weighted by atomic mass is 16.1. The van der Waals surface area contributed by atoms with Crippen molar-refractivity contribution in [1.29, 1.82) is 0 Å². The van der Waals surface area contributed by atoms with E-state index in [4.69, 9.17) is 0 Å². The maximum Gasteiger partial charge on any atom is 0.274 e. The summed E-state index contributed by atoms with van der Waals surface area (Å²) < 4.78 is 0. The van der Waals surface area contributed by atoms with Crippen LogP contribution in [0.3, 0.4) is 0 Å². The lowest BCUT2D eigenvalue weighted by atomic mass is 10.1. The van der Waals surface area contributed by atoms with Crippen LogP contribution < -0.4 is 5.32 Å². The molecule has 2 aromatic heterocycles. The number of fused-ring (bicyclic) bond motifs is 1. The number of anilines is 1. The van der Waals surface area contributed by atoms with Gasteiger partial charge in [0.15, 0.2) is 0 Å². The Morgan fingerprint density at radius 1 is 1.05 bits per heavy atom. The van der Waals surface area contributed by atoms with E-state index >= 15 is 0 Å². The molecule has 104 valence electrons. The van der Waals surface area contributed by atoms with Gasteiger partial charge in [-0.25, -0.2) is 9.97 Å². The number of carbonyl (C=O) groups excluding carboxylic acids is 1. The number of nitrogens with zero attached hydrogens (tertiary/aromatic N) is 3. The maximum absolute atomic E-state index is 12.4. The smallest absolute Gasteiger partial charge is 0.274 e. The van der Waals surface area contributed by atoms with Crippen molar-refractivity contribution in [3.05, 3.63) is 59.8 Å². The Morgan fingerprint density at radius 2 is 1.90 bits per heavy atom. The Balaban J connectivity index is 1.99. The summed E-state index contributed by atoms with van der Waals surface area (Å²) in [5.74, 6) is -0.241. The van der Waals surface area contributed by atoms with Crippen LogP contribution in [0.2, 0.25) is 0 Å². The molecule has 0 saturated heterocycles. The molecular weight excluding hydrogens is 264 g/mol. The van der Waals surface area contributed by atoms with E-state index in [1.807, 2.05) is 44.2 Å². The van der Waals surface area contributed by atoms with Crippen molar-refractivity contribution in [3.8, 4) is 0 Å². The van der Waals surface area contributed by atoms with Gasteiger partial charge >= 0.3 is 0 Å². The normalized spacial score (nSPS) is 10.6. The van der Waals surface area contributed by atoms with Gasteiger partial charge in [-0.3, -0.25) is 9.78 Å². The zero-order valence-corrected chi connectivity index (χ0v) is 11.8. The fraction of sp³-hybridized carbons (Fsp3) is 0.125. The highest BCUT2D eigenvalue weighted by Crippen LogP contribution is 2.22. The molecule has 5 nitrogen and oxygen atoms in total. The summed E-state index contributed by atoms with van der Waals surface area (Å²) in [4.78, 5) is 24.8. The molecule has 0 saturated carbocycles. The van der Waals surface area contributed by atoms with Gasteiger partial charge in [-0.05, 0) is 38.1 Å². The number of pyridine rings is 1. The van der Waals surface area contributed by atoms with Crippen molar-refractivity contribution in [3.63, 3.8) is 0 Å². The largest absolute Gasteiger partial charge is 0.320 e. The lowest BCUT2D eigenvalue weighted by Gasteiger charge is -2.10. The molecule has 2 heterocycles. The number of nitrogens with one attached hydrogen (secondary N) is 1. The summed E-state index contributed by atoms with van der Waals surface area (Å²) in [6, 6.07) is 9.40. The van der Waals surface area contributed by atoms with Crippen molar-refractivity contribution < 1.29 is 4.79 Å². The van der Waals surface area contributed by atoms with Crippen LogP contribution in [0, 0.1) is 13.8 Å². The van der Waals surface area contributed by atoms with E-state index in [-0.39, 0.29) is 5.91 Å². The number of benzene rings is 1. The summed E-state index contributed by atoms with van der Waals surface area (Å²) in [5.41, 5.74) is 3.54. The Kier molecular flexibility index (Phi) is 3.31. The third kappa shape index (κ3) is 2.45. The zero-order chi connectivity index (χ0) is 14.8. The van der Waals surface area contributed by atoms with Crippen LogP contribution in [-0.2, 0) is 0 Å². The molecule has 0 aliphatic rings. The number of hydrogen-bond acceptors (Lipinski definition) is 4. The molecule has 0 fully saturated rings. The number of hydrogen-bond donors (Lipinski definition) is 1. The molecule has 0 unspecified atom stereocenters. The zero-order valence-electron chi connectivity index (χ0n) is 11.8. The fourth-order valence-corrected chi connectivity index (χ4v) is 2.16. The lowest BCUT2D eigenvalue weighted by molar-refractivity contribution is 0.102. The fourth-order valence-electron chi connectivity index (χ4n) is 2.16. The van der Waals surface area contributed by atoms with Crippen molar-refractivity contribution in [1.82, 2.24) is 15.0 Å². The first-order chi connectivity index (χ1) is 10.2. The van der Waals surface area contributed by atoms with Crippen LogP contribution in [0.5, 0.6) is 0 Å². The number of aryl methyl sites for hydroxylation is 1. The molecule has 1 aromatic carbocycles. The third-order valence-electron chi connectivity index (χ3n) is 3.45. The standard InChI is InChI=1S/C16H14N4O/c1-10-11(2)18-9-19-15(10)16(21)20-14-7-3-6-13-12(14)5-4-8-17-13/h3-9H,1-2H3,(H,20,21). The summed E-state index contributed by atoms with van der Waals surface area (Å²) in [6.07, 6.45) is 3.13. The quantitative estimate of drug-likeness (QED) is 0.782.